The lowest BCUT2D eigenvalue weighted by Crippen LogP contribution is -2.36. The van der Waals surface area contributed by atoms with Crippen LogP contribution in [-0.2, 0) is 22.7 Å². The summed E-state index contributed by atoms with van der Waals surface area (Å²) in [6.07, 6.45) is 7.95. The van der Waals surface area contributed by atoms with E-state index in [2.05, 4.69) is 31.2 Å². The zero-order valence-corrected chi connectivity index (χ0v) is 23.5. The van der Waals surface area contributed by atoms with Crippen molar-refractivity contribution in [3.05, 3.63) is 47.7 Å². The van der Waals surface area contributed by atoms with E-state index in [0.29, 0.717) is 43.7 Å². The van der Waals surface area contributed by atoms with Crippen molar-refractivity contribution >= 4 is 35.6 Å². The fourth-order valence-electron chi connectivity index (χ4n) is 4.81. The molecule has 2 aliphatic heterocycles. The van der Waals surface area contributed by atoms with Gasteiger partial charge in [0.1, 0.15) is 6.61 Å². The summed E-state index contributed by atoms with van der Waals surface area (Å²) >= 11 is 1.91. The molecule has 216 valence electrons. The quantitative estimate of drug-likeness (QED) is 0.152. The first-order chi connectivity index (χ1) is 19.5. The van der Waals surface area contributed by atoms with Crippen molar-refractivity contribution in [2.75, 3.05) is 18.0 Å². The molecule has 0 aliphatic carbocycles. The van der Waals surface area contributed by atoms with Crippen LogP contribution in [0.15, 0.2) is 36.5 Å². The first-order valence-electron chi connectivity index (χ1n) is 14.0. The van der Waals surface area contributed by atoms with Crippen LogP contribution >= 0.6 is 11.8 Å². The van der Waals surface area contributed by atoms with Crippen LogP contribution in [0.4, 0.5) is 10.7 Å². The number of nitrogens with two attached hydrogens (primary N) is 1. The Labute approximate surface area is 239 Å². The summed E-state index contributed by atoms with van der Waals surface area (Å²) in [5, 5.41) is 12.3. The number of ether oxygens (including phenoxy) is 1. The van der Waals surface area contributed by atoms with Crippen LogP contribution in [0.5, 0.6) is 5.88 Å². The van der Waals surface area contributed by atoms with Gasteiger partial charge in [-0.25, -0.2) is 9.78 Å². The summed E-state index contributed by atoms with van der Waals surface area (Å²) in [6.45, 7) is 1.48. The van der Waals surface area contributed by atoms with Crippen molar-refractivity contribution in [1.82, 2.24) is 31.2 Å². The van der Waals surface area contributed by atoms with Gasteiger partial charge in [0.25, 0.3) is 0 Å². The molecule has 2 saturated heterocycles. The Kier molecular flexibility index (Phi) is 11.3. The van der Waals surface area contributed by atoms with Gasteiger partial charge in [0.2, 0.25) is 23.6 Å². The zero-order valence-electron chi connectivity index (χ0n) is 22.7. The van der Waals surface area contributed by atoms with E-state index in [9.17, 15) is 14.4 Å². The fraction of sp³-hybridized carbons (Fsp3) is 0.536. The largest absolute Gasteiger partial charge is 0.473 e. The van der Waals surface area contributed by atoms with Crippen LogP contribution < -0.4 is 31.7 Å². The third kappa shape index (κ3) is 9.58. The van der Waals surface area contributed by atoms with Gasteiger partial charge in [0, 0.05) is 49.2 Å². The number of thioether (sulfide) groups is 1. The average Bonchev–Trinajstić information content (AvgIpc) is 3.50. The van der Waals surface area contributed by atoms with Crippen LogP contribution in [0.25, 0.3) is 0 Å². The summed E-state index contributed by atoms with van der Waals surface area (Å²) in [5.41, 5.74) is 7.55. The lowest BCUT2D eigenvalue weighted by atomic mass is 10.0. The van der Waals surface area contributed by atoms with Crippen molar-refractivity contribution in [2.45, 2.75) is 81.9 Å². The summed E-state index contributed by atoms with van der Waals surface area (Å²) in [4.78, 5) is 43.6. The van der Waals surface area contributed by atoms with Gasteiger partial charge in [-0.15, -0.1) is 0 Å². The Morgan fingerprint density at radius 2 is 1.73 bits per heavy atom. The number of fused-ring (bicyclic) bond motifs is 1. The molecule has 2 aliphatic rings. The normalized spacial score (nSPS) is 19.4. The highest BCUT2D eigenvalue weighted by molar-refractivity contribution is 8.00. The number of nitrogens with one attached hydrogen (secondary N) is 4. The number of amides is 4. The van der Waals surface area contributed by atoms with Crippen LogP contribution in [-0.4, -0.2) is 57.4 Å². The molecule has 0 spiro atoms. The third-order valence-corrected chi connectivity index (χ3v) is 8.54. The minimum absolute atomic E-state index is 0.0255. The maximum Gasteiger partial charge on any atom is 0.315 e. The lowest BCUT2D eigenvalue weighted by molar-refractivity contribution is -0.122. The molecule has 4 rings (SSSR count). The summed E-state index contributed by atoms with van der Waals surface area (Å²) in [6, 6.07) is 9.91. The third-order valence-electron chi connectivity index (χ3n) is 7.03. The van der Waals surface area contributed by atoms with Crippen LogP contribution in [0.1, 0.15) is 62.5 Å². The SMILES string of the molecule is Nc1nccc(OCc2ccc(CNC(=O)CCCCCNC(=O)CCCC[C@@H]3SC[C@@H]4NC(=O)N[C@@H]43)cc2)n1. The molecule has 40 heavy (non-hydrogen) atoms. The first-order valence-corrected chi connectivity index (χ1v) is 15.0. The van der Waals surface area contributed by atoms with E-state index in [4.69, 9.17) is 10.5 Å². The van der Waals surface area contributed by atoms with Crippen LogP contribution in [0, 0.1) is 0 Å². The molecule has 0 saturated carbocycles. The first kappa shape index (κ1) is 29.4. The average molecular weight is 570 g/mol. The molecule has 0 radical (unpaired) electrons. The number of aromatic nitrogens is 2. The van der Waals surface area contributed by atoms with E-state index in [-0.39, 0.29) is 35.9 Å². The number of nitrogen functional groups attached to an aromatic ring is 1. The minimum Gasteiger partial charge on any atom is -0.473 e. The van der Waals surface area contributed by atoms with Gasteiger partial charge < -0.3 is 31.7 Å². The Morgan fingerprint density at radius 1 is 0.975 bits per heavy atom. The zero-order chi connectivity index (χ0) is 28.2. The van der Waals surface area contributed by atoms with E-state index in [1.165, 1.54) is 0 Å². The highest BCUT2D eigenvalue weighted by Crippen LogP contribution is 2.33. The number of unbranched alkanes of at least 4 members (excludes halogenated alkanes) is 3. The van der Waals surface area contributed by atoms with Crippen molar-refractivity contribution < 1.29 is 19.1 Å². The van der Waals surface area contributed by atoms with Crippen molar-refractivity contribution in [3.8, 4) is 5.88 Å². The van der Waals surface area contributed by atoms with E-state index >= 15 is 0 Å². The molecule has 4 amide bonds. The number of rotatable bonds is 16. The Hall–Kier alpha value is -3.54. The number of urea groups is 1. The number of hydrogen-bond donors (Lipinski definition) is 5. The van der Waals surface area contributed by atoms with E-state index in [1.807, 2.05) is 36.0 Å². The number of carbonyl (C=O) groups excluding carboxylic acids is 3. The highest BCUT2D eigenvalue weighted by atomic mass is 32.2. The molecule has 0 unspecified atom stereocenters. The predicted molar refractivity (Wildman–Crippen MR) is 155 cm³/mol. The number of hydrogen-bond acceptors (Lipinski definition) is 8. The topological polar surface area (TPSA) is 160 Å². The van der Waals surface area contributed by atoms with Crippen LogP contribution in [0.2, 0.25) is 0 Å². The standard InChI is InChI=1S/C28H39N7O4S/c29-27-31-15-13-25(34-27)39-17-20-11-9-19(10-12-20)16-32-24(37)7-2-1-5-14-30-23(36)8-4-3-6-22-26-21(18-40-22)33-28(38)35-26/h9-13,15,21-22,26H,1-8,14,16-18H2,(H,30,36)(H,32,37)(H2,29,31,34)(H2,33,35,38)/t21-,22-,26-/m0/s1. The van der Waals surface area contributed by atoms with Crippen molar-refractivity contribution in [3.63, 3.8) is 0 Å². The van der Waals surface area contributed by atoms with Gasteiger partial charge in [0.15, 0.2) is 0 Å². The molecular formula is C28H39N7O4S. The van der Waals surface area contributed by atoms with Crippen molar-refractivity contribution in [1.29, 1.82) is 0 Å². The second-order valence-corrected chi connectivity index (χ2v) is 11.4. The minimum atomic E-state index is -0.0584. The summed E-state index contributed by atoms with van der Waals surface area (Å²) < 4.78 is 5.61. The Morgan fingerprint density at radius 3 is 2.52 bits per heavy atom. The molecule has 1 aromatic heterocycles. The maximum atomic E-state index is 12.2. The molecule has 3 heterocycles. The van der Waals surface area contributed by atoms with Gasteiger partial charge in [-0.1, -0.05) is 37.1 Å². The molecule has 2 aromatic rings. The predicted octanol–water partition coefficient (Wildman–Crippen LogP) is 2.66. The highest BCUT2D eigenvalue weighted by Gasteiger charge is 2.42. The second kappa shape index (κ2) is 15.3. The van der Waals surface area contributed by atoms with Gasteiger partial charge in [-0.2, -0.15) is 16.7 Å². The molecule has 6 N–H and O–H groups in total. The number of benzene rings is 1. The van der Waals surface area contributed by atoms with E-state index < -0.39 is 0 Å². The molecule has 11 nitrogen and oxygen atoms in total. The molecule has 2 fully saturated rings. The van der Waals surface area contributed by atoms with Gasteiger partial charge in [-0.3, -0.25) is 9.59 Å². The Bertz CT molecular complexity index is 1130. The molecule has 0 bridgehead atoms. The van der Waals surface area contributed by atoms with E-state index in [0.717, 1.165) is 55.4 Å². The van der Waals surface area contributed by atoms with Gasteiger partial charge in [0.05, 0.1) is 12.1 Å². The Balaban J connectivity index is 0.970. The maximum absolute atomic E-state index is 12.2. The number of carbonyl (C=O) groups is 3. The van der Waals surface area contributed by atoms with Crippen LogP contribution in [0.3, 0.4) is 0 Å². The molecule has 1 aromatic carbocycles. The van der Waals surface area contributed by atoms with Crippen molar-refractivity contribution in [2.24, 2.45) is 0 Å². The number of anilines is 1. The smallest absolute Gasteiger partial charge is 0.315 e. The molecule has 12 heteroatoms. The van der Waals surface area contributed by atoms with Gasteiger partial charge >= 0.3 is 6.03 Å². The van der Waals surface area contributed by atoms with Gasteiger partial charge in [-0.05, 0) is 36.8 Å². The number of nitrogens with zero attached hydrogens (tertiary/aromatic N) is 2. The second-order valence-electron chi connectivity index (χ2n) is 10.2. The lowest BCUT2D eigenvalue weighted by Gasteiger charge is -2.16. The summed E-state index contributed by atoms with van der Waals surface area (Å²) in [7, 11) is 0. The monoisotopic (exact) mass is 569 g/mol. The van der Waals surface area contributed by atoms with E-state index in [1.54, 1.807) is 12.3 Å². The molecular weight excluding hydrogens is 530 g/mol. The molecule has 3 atom stereocenters. The fourth-order valence-corrected chi connectivity index (χ4v) is 6.36. The summed E-state index contributed by atoms with van der Waals surface area (Å²) in [5.74, 6) is 1.67.